The summed E-state index contributed by atoms with van der Waals surface area (Å²) in [6.07, 6.45) is 6.02. The third-order valence-electron chi connectivity index (χ3n) is 3.27. The first-order valence-electron chi connectivity index (χ1n) is 6.03. The largest absolute Gasteiger partial charge is 0.342 e. The van der Waals surface area contributed by atoms with Crippen LogP contribution in [-0.4, -0.2) is 35.2 Å². The van der Waals surface area contributed by atoms with Gasteiger partial charge in [0, 0.05) is 12.6 Å². The van der Waals surface area contributed by atoms with Crippen LogP contribution < -0.4 is 5.53 Å². The summed E-state index contributed by atoms with van der Waals surface area (Å²) in [6, 6.07) is 0.396. The van der Waals surface area contributed by atoms with Crippen molar-refractivity contribution in [2.24, 2.45) is 10.3 Å². The number of carbonyl (C=O) groups is 1. The predicted octanol–water partition coefficient (Wildman–Crippen LogP) is 1.91. The first-order valence-corrected chi connectivity index (χ1v) is 6.03. The van der Waals surface area contributed by atoms with Crippen LogP contribution in [0, 0.1) is 0 Å². The number of hydrogen-bond acceptors (Lipinski definition) is 4. The van der Waals surface area contributed by atoms with E-state index < -0.39 is 0 Å². The molecule has 6 nitrogen and oxygen atoms in total. The lowest BCUT2D eigenvalue weighted by Gasteiger charge is -2.35. The molecule has 16 heavy (non-hydrogen) atoms. The molecule has 1 fully saturated rings. The summed E-state index contributed by atoms with van der Waals surface area (Å²) in [5, 5.41) is 8.80. The molecule has 0 atom stereocenters. The Kier molecular flexibility index (Phi) is 3.58. The maximum absolute atomic E-state index is 12.1. The Hall–Kier alpha value is -1.33. The molecule has 0 bridgehead atoms. The van der Waals surface area contributed by atoms with Crippen molar-refractivity contribution >= 4 is 6.03 Å². The minimum atomic E-state index is -0.000556. The van der Waals surface area contributed by atoms with E-state index in [1.165, 1.54) is 24.3 Å². The van der Waals surface area contributed by atoms with Crippen molar-refractivity contribution < 1.29 is 4.79 Å². The van der Waals surface area contributed by atoms with Gasteiger partial charge < -0.3 is 4.90 Å². The monoisotopic (exact) mass is 225 g/mol. The van der Waals surface area contributed by atoms with Gasteiger partial charge in [-0.15, -0.1) is 5.11 Å². The number of hydrogen-bond donors (Lipinski definition) is 1. The van der Waals surface area contributed by atoms with Crippen molar-refractivity contribution in [1.82, 2.24) is 15.4 Å². The highest BCUT2D eigenvalue weighted by atomic mass is 16.2. The zero-order valence-electron chi connectivity index (χ0n) is 9.72. The van der Waals surface area contributed by atoms with Gasteiger partial charge in [0.15, 0.2) is 6.67 Å². The van der Waals surface area contributed by atoms with Crippen LogP contribution in [-0.2, 0) is 0 Å². The van der Waals surface area contributed by atoms with Crippen LogP contribution in [0.5, 0.6) is 0 Å². The van der Waals surface area contributed by atoms with Crippen LogP contribution in [0.2, 0.25) is 0 Å². The lowest BCUT2D eigenvalue weighted by Crippen LogP contribution is -2.50. The number of nitrogens with zero attached hydrogens (tertiary/aromatic N) is 4. The fourth-order valence-electron chi connectivity index (χ4n) is 2.41. The van der Waals surface area contributed by atoms with Crippen LogP contribution in [0.4, 0.5) is 4.79 Å². The Balaban J connectivity index is 1.94. The molecule has 0 radical (unpaired) electrons. The molecular formula is C10H19N5O. The van der Waals surface area contributed by atoms with Crippen LogP contribution in [0.15, 0.2) is 10.3 Å². The average molecular weight is 225 g/mol. The molecule has 0 saturated heterocycles. The molecule has 0 aromatic heterocycles. The first-order chi connectivity index (χ1) is 7.83. The quantitative estimate of drug-likeness (QED) is 0.780. The van der Waals surface area contributed by atoms with Gasteiger partial charge in [-0.05, 0) is 19.8 Å². The number of rotatable bonds is 2. The number of nitrogens with one attached hydrogen (secondary N) is 1. The van der Waals surface area contributed by atoms with Gasteiger partial charge in [0.2, 0.25) is 0 Å². The van der Waals surface area contributed by atoms with E-state index in [1.807, 2.05) is 11.8 Å². The lowest BCUT2D eigenvalue weighted by molar-refractivity contribution is 0.114. The second kappa shape index (κ2) is 5.14. The molecule has 1 aliphatic carbocycles. The van der Waals surface area contributed by atoms with Crippen molar-refractivity contribution in [2.45, 2.75) is 45.1 Å². The van der Waals surface area contributed by atoms with Crippen LogP contribution in [0.25, 0.3) is 0 Å². The standard InChI is InChI=1S/C10H19N5O/c1-2-14(9-6-4-3-5-7-9)10(16)15-8-11-12-13-15/h9H,2-8H2,1H3,(H,11,13). The number of urea groups is 1. The Morgan fingerprint density at radius 2 is 2.19 bits per heavy atom. The summed E-state index contributed by atoms with van der Waals surface area (Å²) < 4.78 is 0. The molecule has 1 saturated carbocycles. The molecule has 1 N–H and O–H groups in total. The lowest BCUT2D eigenvalue weighted by atomic mass is 9.94. The van der Waals surface area contributed by atoms with Gasteiger partial charge in [-0.3, -0.25) is 0 Å². The Labute approximate surface area is 95.6 Å². The second-order valence-corrected chi connectivity index (χ2v) is 4.27. The highest BCUT2D eigenvalue weighted by Gasteiger charge is 2.28. The van der Waals surface area contributed by atoms with Crippen molar-refractivity contribution in [3.63, 3.8) is 0 Å². The van der Waals surface area contributed by atoms with Gasteiger partial charge in [0.25, 0.3) is 0 Å². The highest BCUT2D eigenvalue weighted by Crippen LogP contribution is 2.23. The van der Waals surface area contributed by atoms with E-state index in [4.69, 9.17) is 0 Å². The van der Waals surface area contributed by atoms with Gasteiger partial charge in [0.05, 0.1) is 0 Å². The van der Waals surface area contributed by atoms with Crippen LogP contribution >= 0.6 is 0 Å². The summed E-state index contributed by atoms with van der Waals surface area (Å²) in [5.74, 6) is 0. The molecule has 0 aromatic carbocycles. The SMILES string of the molecule is CCN(C(=O)N1CN=NN1)C1CCCCC1. The van der Waals surface area contributed by atoms with Gasteiger partial charge in [0.1, 0.15) is 0 Å². The van der Waals surface area contributed by atoms with Gasteiger partial charge in [-0.25, -0.2) is 4.79 Å². The Bertz CT molecular complexity index is 266. The van der Waals surface area contributed by atoms with E-state index in [0.717, 1.165) is 19.4 Å². The Morgan fingerprint density at radius 3 is 2.75 bits per heavy atom. The minimum Gasteiger partial charge on any atom is -0.320 e. The Morgan fingerprint density at radius 1 is 1.44 bits per heavy atom. The third-order valence-corrected chi connectivity index (χ3v) is 3.27. The van der Waals surface area contributed by atoms with E-state index in [9.17, 15) is 4.79 Å². The smallest absolute Gasteiger partial charge is 0.320 e. The van der Waals surface area contributed by atoms with Crippen molar-refractivity contribution in [3.05, 3.63) is 0 Å². The maximum Gasteiger partial charge on any atom is 0.342 e. The molecular weight excluding hydrogens is 206 g/mol. The highest BCUT2D eigenvalue weighted by molar-refractivity contribution is 5.74. The molecule has 0 aromatic rings. The molecule has 2 rings (SSSR count). The fraction of sp³-hybridized carbons (Fsp3) is 0.900. The normalized spacial score (nSPS) is 20.9. The summed E-state index contributed by atoms with van der Waals surface area (Å²) >= 11 is 0. The zero-order valence-corrected chi connectivity index (χ0v) is 9.72. The summed E-state index contributed by atoms with van der Waals surface area (Å²) in [6.45, 7) is 3.10. The first kappa shape index (κ1) is 11.2. The van der Waals surface area contributed by atoms with Crippen molar-refractivity contribution in [3.8, 4) is 0 Å². The average Bonchev–Trinajstić information content (AvgIpc) is 2.85. The predicted molar refractivity (Wildman–Crippen MR) is 59.3 cm³/mol. The summed E-state index contributed by atoms with van der Waals surface area (Å²) in [7, 11) is 0. The van der Waals surface area contributed by atoms with E-state index in [2.05, 4.69) is 15.9 Å². The third kappa shape index (κ3) is 2.25. The maximum atomic E-state index is 12.1. The number of amides is 2. The molecule has 1 heterocycles. The second-order valence-electron chi connectivity index (χ2n) is 4.27. The molecule has 6 heteroatoms. The molecule has 90 valence electrons. The van der Waals surface area contributed by atoms with Crippen LogP contribution in [0.3, 0.4) is 0 Å². The van der Waals surface area contributed by atoms with E-state index in [1.54, 1.807) is 0 Å². The van der Waals surface area contributed by atoms with E-state index in [0.29, 0.717) is 12.7 Å². The summed E-state index contributed by atoms with van der Waals surface area (Å²) in [5.41, 5.74) is 2.61. The molecule has 0 spiro atoms. The number of carbonyl (C=O) groups excluding carboxylic acids is 1. The minimum absolute atomic E-state index is 0.000556. The fourth-order valence-corrected chi connectivity index (χ4v) is 2.41. The summed E-state index contributed by atoms with van der Waals surface area (Å²) in [4.78, 5) is 14.1. The number of hydrazine groups is 1. The molecule has 2 aliphatic rings. The van der Waals surface area contributed by atoms with E-state index in [-0.39, 0.29) is 6.03 Å². The topological polar surface area (TPSA) is 60.3 Å². The molecule has 1 aliphatic heterocycles. The van der Waals surface area contributed by atoms with Crippen LogP contribution in [0.1, 0.15) is 39.0 Å². The van der Waals surface area contributed by atoms with Gasteiger partial charge in [-0.2, -0.15) is 10.5 Å². The van der Waals surface area contributed by atoms with Crippen molar-refractivity contribution in [1.29, 1.82) is 0 Å². The van der Waals surface area contributed by atoms with Gasteiger partial charge >= 0.3 is 6.03 Å². The molecule has 0 unspecified atom stereocenters. The van der Waals surface area contributed by atoms with Gasteiger partial charge in [-0.1, -0.05) is 24.5 Å². The molecule has 2 amide bonds. The zero-order chi connectivity index (χ0) is 11.4. The van der Waals surface area contributed by atoms with E-state index >= 15 is 0 Å². The van der Waals surface area contributed by atoms with Crippen molar-refractivity contribution in [2.75, 3.05) is 13.2 Å².